The summed E-state index contributed by atoms with van der Waals surface area (Å²) in [6, 6.07) is 14.7. The van der Waals surface area contributed by atoms with Crippen LogP contribution in [0, 0.1) is 0 Å². The Morgan fingerprint density at radius 3 is 2.56 bits per heavy atom. The van der Waals surface area contributed by atoms with Crippen LogP contribution >= 0.6 is 24.0 Å². The van der Waals surface area contributed by atoms with Gasteiger partial charge in [0.25, 0.3) is 0 Å². The van der Waals surface area contributed by atoms with Gasteiger partial charge in [0.2, 0.25) is 0 Å². The van der Waals surface area contributed by atoms with Crippen molar-refractivity contribution in [2.24, 2.45) is 4.99 Å². The van der Waals surface area contributed by atoms with Gasteiger partial charge in [-0.2, -0.15) is 13.9 Å². The van der Waals surface area contributed by atoms with Crippen molar-refractivity contribution in [3.05, 3.63) is 77.6 Å². The zero-order valence-corrected chi connectivity index (χ0v) is 20.1. The molecule has 0 aliphatic carbocycles. The number of aromatic nitrogens is 2. The van der Waals surface area contributed by atoms with Crippen LogP contribution in [0.3, 0.4) is 0 Å². The first kappa shape index (κ1) is 25.4. The number of hydrogen-bond donors (Lipinski definition) is 2. The molecular weight excluding hydrogens is 531 g/mol. The molecule has 0 aliphatic heterocycles. The van der Waals surface area contributed by atoms with Crippen LogP contribution in [-0.2, 0) is 19.6 Å². The third kappa shape index (κ3) is 7.66. The Morgan fingerprint density at radius 2 is 1.88 bits per heavy atom. The van der Waals surface area contributed by atoms with E-state index in [4.69, 9.17) is 4.74 Å². The summed E-state index contributed by atoms with van der Waals surface area (Å²) >= 11 is 0. The smallest absolute Gasteiger partial charge is 0.387 e. The SMILES string of the molecule is CN=C(NCc1cccc(Cn2cccn2)c1)NCc1cc(OC)ccc1OC(F)F.I. The number of ether oxygens (including phenoxy) is 2. The first-order valence-corrected chi connectivity index (χ1v) is 9.69. The highest BCUT2D eigenvalue weighted by Gasteiger charge is 2.11. The second kappa shape index (κ2) is 12.8. The Bertz CT molecular complexity index is 1000. The van der Waals surface area contributed by atoms with E-state index in [9.17, 15) is 8.78 Å². The van der Waals surface area contributed by atoms with E-state index < -0.39 is 6.61 Å². The molecule has 0 saturated heterocycles. The van der Waals surface area contributed by atoms with Gasteiger partial charge in [0.15, 0.2) is 5.96 Å². The highest BCUT2D eigenvalue weighted by atomic mass is 127. The molecule has 7 nitrogen and oxygen atoms in total. The van der Waals surface area contributed by atoms with Crippen LogP contribution in [0.4, 0.5) is 8.78 Å². The van der Waals surface area contributed by atoms with E-state index in [0.717, 1.165) is 11.1 Å². The summed E-state index contributed by atoms with van der Waals surface area (Å²) in [6.07, 6.45) is 3.67. The number of nitrogens with one attached hydrogen (secondary N) is 2. The molecule has 0 amide bonds. The highest BCUT2D eigenvalue weighted by Crippen LogP contribution is 2.25. The summed E-state index contributed by atoms with van der Waals surface area (Å²) in [5.41, 5.74) is 2.75. The number of rotatable bonds is 9. The molecule has 3 aromatic rings. The van der Waals surface area contributed by atoms with Crippen molar-refractivity contribution in [1.82, 2.24) is 20.4 Å². The van der Waals surface area contributed by atoms with Gasteiger partial charge in [-0.15, -0.1) is 24.0 Å². The summed E-state index contributed by atoms with van der Waals surface area (Å²) in [5, 5.41) is 10.6. The molecule has 0 saturated carbocycles. The minimum absolute atomic E-state index is 0. The van der Waals surface area contributed by atoms with E-state index >= 15 is 0 Å². The highest BCUT2D eigenvalue weighted by molar-refractivity contribution is 14.0. The van der Waals surface area contributed by atoms with Crippen molar-refractivity contribution in [2.75, 3.05) is 14.2 Å². The maximum absolute atomic E-state index is 12.7. The summed E-state index contributed by atoms with van der Waals surface area (Å²) < 4.78 is 37.0. The maximum Gasteiger partial charge on any atom is 0.387 e. The molecule has 2 aromatic carbocycles. The number of hydrogen-bond acceptors (Lipinski definition) is 4. The van der Waals surface area contributed by atoms with Crippen LogP contribution in [0.1, 0.15) is 16.7 Å². The van der Waals surface area contributed by atoms with Gasteiger partial charge >= 0.3 is 6.61 Å². The van der Waals surface area contributed by atoms with E-state index in [-0.39, 0.29) is 36.3 Å². The molecule has 0 fully saturated rings. The Kier molecular flexibility index (Phi) is 10.2. The minimum atomic E-state index is -2.90. The van der Waals surface area contributed by atoms with Crippen LogP contribution < -0.4 is 20.1 Å². The van der Waals surface area contributed by atoms with E-state index in [1.165, 1.54) is 13.2 Å². The molecule has 2 N–H and O–H groups in total. The fourth-order valence-corrected chi connectivity index (χ4v) is 3.04. The third-order valence-electron chi connectivity index (χ3n) is 4.51. The van der Waals surface area contributed by atoms with Gasteiger partial charge in [0.1, 0.15) is 11.5 Å². The molecule has 0 aliphatic rings. The first-order valence-electron chi connectivity index (χ1n) is 9.69. The normalized spacial score (nSPS) is 11.1. The van der Waals surface area contributed by atoms with Gasteiger partial charge in [-0.05, 0) is 35.4 Å². The number of alkyl halides is 2. The summed E-state index contributed by atoms with van der Waals surface area (Å²) in [6.45, 7) is -1.43. The lowest BCUT2D eigenvalue weighted by Gasteiger charge is -2.16. The largest absolute Gasteiger partial charge is 0.497 e. The monoisotopic (exact) mass is 557 g/mol. The average Bonchev–Trinajstić information content (AvgIpc) is 3.27. The molecule has 0 bridgehead atoms. The predicted molar refractivity (Wildman–Crippen MR) is 130 cm³/mol. The minimum Gasteiger partial charge on any atom is -0.497 e. The van der Waals surface area contributed by atoms with Crippen LogP contribution in [-0.4, -0.2) is 36.5 Å². The molecule has 172 valence electrons. The molecular formula is C22H26F2IN5O2. The van der Waals surface area contributed by atoms with Gasteiger partial charge < -0.3 is 20.1 Å². The lowest BCUT2D eigenvalue weighted by atomic mass is 10.1. The third-order valence-corrected chi connectivity index (χ3v) is 4.51. The van der Waals surface area contributed by atoms with Crippen LogP contribution in [0.15, 0.2) is 65.9 Å². The second-order valence-electron chi connectivity index (χ2n) is 6.66. The van der Waals surface area contributed by atoms with Crippen molar-refractivity contribution >= 4 is 29.9 Å². The lowest BCUT2D eigenvalue weighted by Crippen LogP contribution is -2.36. The molecule has 32 heavy (non-hydrogen) atoms. The summed E-state index contributed by atoms with van der Waals surface area (Å²) in [5.74, 6) is 1.17. The molecule has 1 heterocycles. The standard InChI is InChI=1S/C22H25F2N5O2.HI/c1-25-22(27-14-18-12-19(30-2)7-8-20(18)31-21(23)24)26-13-16-5-3-6-17(11-16)15-29-10-4-9-28-29;/h3-12,21H,13-15H2,1-2H3,(H2,25,26,27);1H. The lowest BCUT2D eigenvalue weighted by molar-refractivity contribution is -0.0505. The fourth-order valence-electron chi connectivity index (χ4n) is 3.04. The van der Waals surface area contributed by atoms with Crippen molar-refractivity contribution in [1.29, 1.82) is 0 Å². The van der Waals surface area contributed by atoms with Crippen LogP contribution in [0.2, 0.25) is 0 Å². The average molecular weight is 557 g/mol. The Labute approximate surface area is 202 Å². The van der Waals surface area contributed by atoms with Crippen molar-refractivity contribution in [3.63, 3.8) is 0 Å². The van der Waals surface area contributed by atoms with E-state index in [1.54, 1.807) is 25.4 Å². The summed E-state index contributed by atoms with van der Waals surface area (Å²) in [7, 11) is 3.16. The van der Waals surface area contributed by atoms with Gasteiger partial charge in [0, 0.05) is 38.1 Å². The number of nitrogens with zero attached hydrogens (tertiary/aromatic N) is 3. The number of halogens is 3. The molecule has 0 atom stereocenters. The van der Waals surface area contributed by atoms with E-state index in [1.807, 2.05) is 35.1 Å². The molecule has 0 spiro atoms. The molecule has 0 unspecified atom stereocenters. The van der Waals surface area contributed by atoms with E-state index in [0.29, 0.717) is 30.4 Å². The zero-order valence-electron chi connectivity index (χ0n) is 17.8. The quantitative estimate of drug-likeness (QED) is 0.236. The molecule has 10 heteroatoms. The fraction of sp³-hybridized carbons (Fsp3) is 0.273. The Balaban J connectivity index is 0.00000363. The molecule has 3 rings (SSSR count). The van der Waals surface area contributed by atoms with Crippen molar-refractivity contribution < 1.29 is 18.3 Å². The van der Waals surface area contributed by atoms with E-state index in [2.05, 4.69) is 31.5 Å². The summed E-state index contributed by atoms with van der Waals surface area (Å²) in [4.78, 5) is 4.19. The molecule has 1 aromatic heterocycles. The number of aliphatic imine (C=N–C) groups is 1. The second-order valence-corrected chi connectivity index (χ2v) is 6.66. The van der Waals surface area contributed by atoms with Gasteiger partial charge in [-0.25, -0.2) is 0 Å². The number of benzene rings is 2. The van der Waals surface area contributed by atoms with Gasteiger partial charge in [-0.3, -0.25) is 9.67 Å². The number of guanidine groups is 1. The zero-order chi connectivity index (χ0) is 22.1. The van der Waals surface area contributed by atoms with Crippen LogP contribution in [0.5, 0.6) is 11.5 Å². The Morgan fingerprint density at radius 1 is 1.09 bits per heavy atom. The van der Waals surface area contributed by atoms with Crippen molar-refractivity contribution in [3.8, 4) is 11.5 Å². The van der Waals surface area contributed by atoms with Crippen molar-refractivity contribution in [2.45, 2.75) is 26.2 Å². The predicted octanol–water partition coefficient (Wildman–Crippen LogP) is 4.02. The van der Waals surface area contributed by atoms with Gasteiger partial charge in [0.05, 0.1) is 13.7 Å². The topological polar surface area (TPSA) is 72.7 Å². The molecule has 0 radical (unpaired) electrons. The van der Waals surface area contributed by atoms with Gasteiger partial charge in [-0.1, -0.05) is 24.3 Å². The number of methoxy groups -OCH3 is 1. The first-order chi connectivity index (χ1) is 15.1. The maximum atomic E-state index is 12.7. The Hall–Kier alpha value is -2.89. The van der Waals surface area contributed by atoms with Crippen LogP contribution in [0.25, 0.3) is 0 Å².